The Balaban J connectivity index is 3.06. The average molecular weight is 311 g/mol. The summed E-state index contributed by atoms with van der Waals surface area (Å²) in [5.74, 6) is -1.04. The molecular formula is C9H14FN3O4S2. The van der Waals surface area contributed by atoms with Crippen molar-refractivity contribution >= 4 is 25.9 Å². The molecule has 0 radical (unpaired) electrons. The van der Waals surface area contributed by atoms with Crippen molar-refractivity contribution in [1.82, 2.24) is 4.72 Å². The number of nitrogens with one attached hydrogen (secondary N) is 2. The predicted octanol–water partition coefficient (Wildman–Crippen LogP) is 0.128. The van der Waals surface area contributed by atoms with E-state index in [2.05, 4.69) is 4.72 Å². The van der Waals surface area contributed by atoms with Gasteiger partial charge in [-0.05, 0) is 32.0 Å². The normalized spacial score (nSPS) is 12.7. The first kappa shape index (κ1) is 15.8. The van der Waals surface area contributed by atoms with E-state index in [0.717, 1.165) is 12.1 Å². The second-order valence-electron chi connectivity index (χ2n) is 4.06. The Morgan fingerprint density at radius 1 is 1.21 bits per heavy atom. The predicted molar refractivity (Wildman–Crippen MR) is 68.6 cm³/mol. The number of rotatable bonds is 5. The Morgan fingerprint density at radius 3 is 2.21 bits per heavy atom. The maximum absolute atomic E-state index is 13.6. The first-order valence-corrected chi connectivity index (χ1v) is 8.16. The molecule has 7 nitrogen and oxygen atoms in total. The van der Waals surface area contributed by atoms with E-state index in [9.17, 15) is 21.2 Å². The van der Waals surface area contributed by atoms with Crippen LogP contribution in [0.2, 0.25) is 0 Å². The van der Waals surface area contributed by atoms with Gasteiger partial charge in [0.1, 0.15) is 5.82 Å². The van der Waals surface area contributed by atoms with E-state index < -0.39 is 30.9 Å². The van der Waals surface area contributed by atoms with Gasteiger partial charge in [-0.25, -0.2) is 17.9 Å². The van der Waals surface area contributed by atoms with Gasteiger partial charge >= 0.3 is 0 Å². The van der Waals surface area contributed by atoms with Crippen LogP contribution in [0, 0.1) is 5.82 Å². The zero-order chi connectivity index (χ0) is 14.8. The molecular weight excluding hydrogens is 297 g/mol. The van der Waals surface area contributed by atoms with E-state index in [0.29, 0.717) is 6.07 Å². The fourth-order valence-electron chi connectivity index (χ4n) is 1.24. The second-order valence-corrected chi connectivity index (χ2v) is 7.07. The first-order chi connectivity index (χ1) is 8.51. The summed E-state index contributed by atoms with van der Waals surface area (Å²) in [6, 6.07) is 2.26. The minimum absolute atomic E-state index is 0.371. The van der Waals surface area contributed by atoms with E-state index >= 15 is 0 Å². The third-order valence-corrected chi connectivity index (χ3v) is 4.09. The minimum atomic E-state index is -4.04. The monoisotopic (exact) mass is 311 g/mol. The Hall–Kier alpha value is -1.23. The van der Waals surface area contributed by atoms with Gasteiger partial charge in [-0.2, -0.15) is 13.1 Å². The van der Waals surface area contributed by atoms with Crippen molar-refractivity contribution < 1.29 is 21.2 Å². The van der Waals surface area contributed by atoms with Crippen LogP contribution in [0.1, 0.15) is 13.8 Å². The maximum atomic E-state index is 13.6. The fraction of sp³-hybridized carbons (Fsp3) is 0.333. The van der Waals surface area contributed by atoms with Crippen molar-refractivity contribution in [1.29, 1.82) is 0 Å². The zero-order valence-corrected chi connectivity index (χ0v) is 11.8. The van der Waals surface area contributed by atoms with Gasteiger partial charge in [0.05, 0.1) is 10.6 Å². The lowest BCUT2D eigenvalue weighted by Gasteiger charge is -2.12. The van der Waals surface area contributed by atoms with Gasteiger partial charge in [-0.1, -0.05) is 0 Å². The third-order valence-electron chi connectivity index (χ3n) is 1.90. The summed E-state index contributed by atoms with van der Waals surface area (Å²) >= 11 is 0. The van der Waals surface area contributed by atoms with Crippen LogP contribution in [0.5, 0.6) is 0 Å². The molecule has 1 rings (SSSR count). The highest BCUT2D eigenvalue weighted by Crippen LogP contribution is 2.18. The summed E-state index contributed by atoms with van der Waals surface area (Å²) in [4.78, 5) is -0.440. The molecule has 0 saturated heterocycles. The Kier molecular flexibility index (Phi) is 4.50. The topological polar surface area (TPSA) is 118 Å². The number of anilines is 1. The maximum Gasteiger partial charge on any atom is 0.299 e. The van der Waals surface area contributed by atoms with E-state index in [1.54, 1.807) is 13.8 Å². The summed E-state index contributed by atoms with van der Waals surface area (Å²) in [7, 11) is -7.96. The molecule has 1 aromatic carbocycles. The molecule has 1 aromatic rings. The second kappa shape index (κ2) is 5.41. The number of sulfonamides is 1. The highest BCUT2D eigenvalue weighted by atomic mass is 32.2. The molecule has 0 bridgehead atoms. The van der Waals surface area contributed by atoms with E-state index in [1.807, 2.05) is 4.72 Å². The van der Waals surface area contributed by atoms with Crippen LogP contribution in [-0.4, -0.2) is 22.9 Å². The molecule has 0 fully saturated rings. The van der Waals surface area contributed by atoms with E-state index in [1.165, 1.54) is 0 Å². The highest BCUT2D eigenvalue weighted by molar-refractivity contribution is 7.90. The van der Waals surface area contributed by atoms with Crippen molar-refractivity contribution in [2.75, 3.05) is 4.72 Å². The van der Waals surface area contributed by atoms with Crippen molar-refractivity contribution in [3.05, 3.63) is 24.0 Å². The van der Waals surface area contributed by atoms with Crippen LogP contribution >= 0.6 is 0 Å². The first-order valence-electron chi connectivity index (χ1n) is 5.14. The molecule has 0 spiro atoms. The fourth-order valence-corrected chi connectivity index (χ4v) is 2.90. The van der Waals surface area contributed by atoms with Crippen LogP contribution in [0.15, 0.2) is 23.1 Å². The molecule has 4 N–H and O–H groups in total. The number of hydrogen-bond donors (Lipinski definition) is 3. The van der Waals surface area contributed by atoms with Crippen molar-refractivity contribution in [3.8, 4) is 0 Å². The Morgan fingerprint density at radius 2 is 1.79 bits per heavy atom. The van der Waals surface area contributed by atoms with Gasteiger partial charge in [-0.15, -0.1) is 0 Å². The molecule has 19 heavy (non-hydrogen) atoms. The standard InChI is InChI=1S/C9H14FN3O4S2/c1-6(2)12-19(16,17)13-9-4-3-7(5-8(9)10)18(11,14)15/h3-6,12-13H,1-2H3,(H2,11,14,15). The number of primary sulfonamides is 1. The Labute approximate surface area is 111 Å². The average Bonchev–Trinajstić information content (AvgIpc) is 2.16. The molecule has 0 aliphatic heterocycles. The van der Waals surface area contributed by atoms with Crippen LogP contribution < -0.4 is 14.6 Å². The van der Waals surface area contributed by atoms with Gasteiger partial charge in [0.2, 0.25) is 10.0 Å². The molecule has 0 heterocycles. The smallest absolute Gasteiger partial charge is 0.268 e. The number of halogens is 1. The lowest BCUT2D eigenvalue weighted by atomic mass is 10.3. The lowest BCUT2D eigenvalue weighted by molar-refractivity contribution is 0.573. The minimum Gasteiger partial charge on any atom is -0.268 e. The van der Waals surface area contributed by atoms with Crippen LogP contribution in [0.25, 0.3) is 0 Å². The molecule has 0 aliphatic rings. The van der Waals surface area contributed by atoms with Gasteiger partial charge < -0.3 is 0 Å². The van der Waals surface area contributed by atoms with Gasteiger partial charge in [0.15, 0.2) is 0 Å². The Bertz CT molecular complexity index is 671. The number of hydrogen-bond acceptors (Lipinski definition) is 4. The quantitative estimate of drug-likeness (QED) is 0.716. The van der Waals surface area contributed by atoms with Crippen LogP contribution in [0.3, 0.4) is 0 Å². The number of benzene rings is 1. The number of nitrogens with two attached hydrogens (primary N) is 1. The van der Waals surface area contributed by atoms with Gasteiger partial charge in [-0.3, -0.25) is 4.72 Å². The molecule has 0 atom stereocenters. The zero-order valence-electron chi connectivity index (χ0n) is 10.2. The summed E-state index contributed by atoms with van der Waals surface area (Å²) in [5, 5.41) is 4.82. The molecule has 0 unspecified atom stereocenters. The summed E-state index contributed by atoms with van der Waals surface area (Å²) in [5.41, 5.74) is -0.374. The van der Waals surface area contributed by atoms with Crippen LogP contribution in [0.4, 0.5) is 10.1 Å². The third kappa shape index (κ3) is 4.74. The van der Waals surface area contributed by atoms with E-state index in [-0.39, 0.29) is 11.7 Å². The van der Waals surface area contributed by atoms with E-state index in [4.69, 9.17) is 5.14 Å². The molecule has 0 aliphatic carbocycles. The lowest BCUT2D eigenvalue weighted by Crippen LogP contribution is -2.35. The summed E-state index contributed by atoms with van der Waals surface area (Å²) < 4.78 is 62.7. The van der Waals surface area contributed by atoms with Crippen molar-refractivity contribution in [3.63, 3.8) is 0 Å². The highest BCUT2D eigenvalue weighted by Gasteiger charge is 2.16. The largest absolute Gasteiger partial charge is 0.299 e. The van der Waals surface area contributed by atoms with Gasteiger partial charge in [0, 0.05) is 6.04 Å². The SMILES string of the molecule is CC(C)NS(=O)(=O)Nc1ccc(S(N)(=O)=O)cc1F. The van der Waals surface area contributed by atoms with Crippen molar-refractivity contribution in [2.24, 2.45) is 5.14 Å². The summed E-state index contributed by atoms with van der Waals surface area (Å²) in [6.45, 7) is 3.19. The molecule has 0 aromatic heterocycles. The van der Waals surface area contributed by atoms with Crippen LogP contribution in [-0.2, 0) is 20.2 Å². The molecule has 0 saturated carbocycles. The summed E-state index contributed by atoms with van der Waals surface area (Å²) in [6.07, 6.45) is 0. The molecule has 10 heteroatoms. The van der Waals surface area contributed by atoms with Gasteiger partial charge in [0.25, 0.3) is 10.2 Å². The molecule has 0 amide bonds. The molecule has 108 valence electrons. The van der Waals surface area contributed by atoms with Crippen molar-refractivity contribution in [2.45, 2.75) is 24.8 Å².